The number of nitrogens with one attached hydrogen (secondary N) is 1. The van der Waals surface area contributed by atoms with Crippen LogP contribution >= 0.6 is 0 Å². The standard InChI is InChI=1S/C28H30N4O/c33-28(30-17-22-10-12-23(13-11-22)18-32-16-14-29-21-32)26-8-4-15-31(20-26)19-25-7-3-6-24-5-1-2-9-27(24)25/h1-3,5-7,9-14,16,21,26H,4,8,15,17-20H2,(H,30,33). The Hall–Kier alpha value is -3.44. The van der Waals surface area contributed by atoms with Crippen LogP contribution in [0.4, 0.5) is 0 Å². The summed E-state index contributed by atoms with van der Waals surface area (Å²) in [6, 6.07) is 23.5. The Morgan fingerprint density at radius 2 is 1.79 bits per heavy atom. The number of aromatic nitrogens is 2. The number of fused-ring (bicyclic) bond motifs is 1. The molecule has 33 heavy (non-hydrogen) atoms. The smallest absolute Gasteiger partial charge is 0.224 e. The van der Waals surface area contributed by atoms with Crippen molar-refractivity contribution in [2.75, 3.05) is 13.1 Å². The van der Waals surface area contributed by atoms with E-state index in [1.165, 1.54) is 21.9 Å². The summed E-state index contributed by atoms with van der Waals surface area (Å²) < 4.78 is 2.05. The van der Waals surface area contributed by atoms with Crippen LogP contribution in [0.5, 0.6) is 0 Å². The number of carbonyl (C=O) groups excluding carboxylic acids is 1. The highest BCUT2D eigenvalue weighted by Crippen LogP contribution is 2.23. The average molecular weight is 439 g/mol. The molecule has 1 aromatic heterocycles. The van der Waals surface area contributed by atoms with E-state index in [0.717, 1.165) is 44.6 Å². The lowest BCUT2D eigenvalue weighted by Gasteiger charge is -2.32. The summed E-state index contributed by atoms with van der Waals surface area (Å²) in [4.78, 5) is 19.4. The van der Waals surface area contributed by atoms with Gasteiger partial charge in [-0.05, 0) is 46.8 Å². The van der Waals surface area contributed by atoms with Crippen LogP contribution < -0.4 is 5.32 Å². The van der Waals surface area contributed by atoms with Gasteiger partial charge in [-0.3, -0.25) is 9.69 Å². The predicted molar refractivity (Wildman–Crippen MR) is 132 cm³/mol. The van der Waals surface area contributed by atoms with Crippen LogP contribution in [-0.2, 0) is 24.4 Å². The molecule has 1 aliphatic rings. The van der Waals surface area contributed by atoms with E-state index in [1.807, 2.05) is 17.1 Å². The lowest BCUT2D eigenvalue weighted by molar-refractivity contribution is -0.126. The molecule has 0 spiro atoms. The molecule has 1 saturated heterocycles. The Morgan fingerprint density at radius 1 is 0.970 bits per heavy atom. The largest absolute Gasteiger partial charge is 0.352 e. The third-order valence-corrected chi connectivity index (χ3v) is 6.56. The highest BCUT2D eigenvalue weighted by molar-refractivity contribution is 5.85. The van der Waals surface area contributed by atoms with Crippen LogP contribution in [0.1, 0.15) is 29.5 Å². The summed E-state index contributed by atoms with van der Waals surface area (Å²) in [5.74, 6) is 0.217. The zero-order valence-corrected chi connectivity index (χ0v) is 18.9. The van der Waals surface area contributed by atoms with Crippen LogP contribution in [0.2, 0.25) is 0 Å². The first-order valence-electron chi connectivity index (χ1n) is 11.7. The van der Waals surface area contributed by atoms with Gasteiger partial charge in [0.05, 0.1) is 12.2 Å². The molecule has 0 radical (unpaired) electrons. The van der Waals surface area contributed by atoms with E-state index in [-0.39, 0.29) is 11.8 Å². The minimum atomic E-state index is 0.0502. The molecule has 0 bridgehead atoms. The number of amides is 1. The number of hydrogen-bond donors (Lipinski definition) is 1. The van der Waals surface area contributed by atoms with E-state index in [1.54, 1.807) is 6.20 Å². The highest BCUT2D eigenvalue weighted by Gasteiger charge is 2.25. The average Bonchev–Trinajstić information content (AvgIpc) is 3.37. The maximum Gasteiger partial charge on any atom is 0.224 e. The molecule has 1 fully saturated rings. The van der Waals surface area contributed by atoms with Crippen molar-refractivity contribution in [3.05, 3.63) is 102 Å². The fourth-order valence-electron chi connectivity index (χ4n) is 4.77. The molecule has 5 nitrogen and oxygen atoms in total. The second-order valence-electron chi connectivity index (χ2n) is 8.98. The molecule has 3 aromatic carbocycles. The van der Waals surface area contributed by atoms with Gasteiger partial charge >= 0.3 is 0 Å². The van der Waals surface area contributed by atoms with E-state index >= 15 is 0 Å². The van der Waals surface area contributed by atoms with Gasteiger partial charge < -0.3 is 9.88 Å². The van der Waals surface area contributed by atoms with Gasteiger partial charge in [-0.1, -0.05) is 66.7 Å². The van der Waals surface area contributed by atoms with Crippen molar-refractivity contribution in [2.24, 2.45) is 5.92 Å². The van der Waals surface area contributed by atoms with Crippen molar-refractivity contribution in [3.8, 4) is 0 Å². The molecule has 1 atom stereocenters. The number of rotatable bonds is 7. The molecule has 5 heteroatoms. The molecule has 1 aliphatic heterocycles. The maximum absolute atomic E-state index is 12.9. The van der Waals surface area contributed by atoms with Gasteiger partial charge in [0.2, 0.25) is 5.91 Å². The van der Waals surface area contributed by atoms with Crippen molar-refractivity contribution >= 4 is 16.7 Å². The van der Waals surface area contributed by atoms with Gasteiger partial charge in [0.15, 0.2) is 0 Å². The third kappa shape index (κ3) is 5.32. The van der Waals surface area contributed by atoms with Crippen LogP contribution in [-0.4, -0.2) is 33.4 Å². The van der Waals surface area contributed by atoms with Crippen molar-refractivity contribution in [1.82, 2.24) is 19.8 Å². The van der Waals surface area contributed by atoms with Gasteiger partial charge in [0.25, 0.3) is 0 Å². The summed E-state index contributed by atoms with van der Waals surface area (Å²) in [6.07, 6.45) is 7.59. The highest BCUT2D eigenvalue weighted by atomic mass is 16.1. The van der Waals surface area contributed by atoms with Gasteiger partial charge in [-0.25, -0.2) is 4.98 Å². The molecule has 0 saturated carbocycles. The molecule has 1 unspecified atom stereocenters. The Bertz CT molecular complexity index is 1200. The topological polar surface area (TPSA) is 50.2 Å². The lowest BCUT2D eigenvalue weighted by Crippen LogP contribution is -2.42. The molecule has 4 aromatic rings. The number of likely N-dealkylation sites (tertiary alicyclic amines) is 1. The fourth-order valence-corrected chi connectivity index (χ4v) is 4.77. The van der Waals surface area contributed by atoms with Crippen molar-refractivity contribution < 1.29 is 4.79 Å². The van der Waals surface area contributed by atoms with Crippen LogP contribution in [0, 0.1) is 5.92 Å². The summed E-state index contributed by atoms with van der Waals surface area (Å²) in [5, 5.41) is 5.75. The number of imidazole rings is 1. The predicted octanol–water partition coefficient (Wildman–Crippen LogP) is 4.61. The van der Waals surface area contributed by atoms with Crippen molar-refractivity contribution in [1.29, 1.82) is 0 Å². The number of benzene rings is 3. The van der Waals surface area contributed by atoms with E-state index in [0.29, 0.717) is 6.54 Å². The zero-order valence-electron chi connectivity index (χ0n) is 18.9. The summed E-state index contributed by atoms with van der Waals surface area (Å²) in [5.41, 5.74) is 3.69. The zero-order chi connectivity index (χ0) is 22.5. The van der Waals surface area contributed by atoms with E-state index < -0.39 is 0 Å². The Kier molecular flexibility index (Phi) is 6.49. The first-order valence-corrected chi connectivity index (χ1v) is 11.7. The molecule has 2 heterocycles. The second kappa shape index (κ2) is 10.0. The molecule has 1 N–H and O–H groups in total. The number of carbonyl (C=O) groups is 1. The number of nitrogens with zero attached hydrogens (tertiary/aromatic N) is 3. The van der Waals surface area contributed by atoms with Gasteiger partial charge in [0.1, 0.15) is 0 Å². The van der Waals surface area contributed by atoms with Gasteiger partial charge in [-0.2, -0.15) is 0 Å². The van der Waals surface area contributed by atoms with Crippen LogP contribution in [0.3, 0.4) is 0 Å². The van der Waals surface area contributed by atoms with E-state index in [2.05, 4.69) is 81.9 Å². The Balaban J connectivity index is 1.15. The molecular weight excluding hydrogens is 408 g/mol. The van der Waals surface area contributed by atoms with Crippen LogP contribution in [0.25, 0.3) is 10.8 Å². The molecule has 168 valence electrons. The quantitative estimate of drug-likeness (QED) is 0.458. The van der Waals surface area contributed by atoms with Gasteiger partial charge in [-0.15, -0.1) is 0 Å². The normalized spacial score (nSPS) is 16.7. The second-order valence-corrected chi connectivity index (χ2v) is 8.98. The Morgan fingerprint density at radius 3 is 2.64 bits per heavy atom. The lowest BCUT2D eigenvalue weighted by atomic mass is 9.96. The third-order valence-electron chi connectivity index (χ3n) is 6.56. The van der Waals surface area contributed by atoms with Crippen LogP contribution in [0.15, 0.2) is 85.5 Å². The van der Waals surface area contributed by atoms with E-state index in [4.69, 9.17) is 0 Å². The molecule has 1 amide bonds. The molecule has 0 aliphatic carbocycles. The summed E-state index contributed by atoms with van der Waals surface area (Å²) >= 11 is 0. The first kappa shape index (κ1) is 21.4. The number of hydrogen-bond acceptors (Lipinski definition) is 3. The first-order chi connectivity index (χ1) is 16.2. The maximum atomic E-state index is 12.9. The SMILES string of the molecule is O=C(NCc1ccc(Cn2ccnc2)cc1)C1CCCN(Cc2cccc3ccccc23)C1. The number of piperidine rings is 1. The van der Waals surface area contributed by atoms with E-state index in [9.17, 15) is 4.79 Å². The molecular formula is C28H30N4O. The Labute approximate surface area is 195 Å². The molecule has 5 rings (SSSR count). The minimum Gasteiger partial charge on any atom is -0.352 e. The van der Waals surface area contributed by atoms with Crippen molar-refractivity contribution in [3.63, 3.8) is 0 Å². The monoisotopic (exact) mass is 438 g/mol. The summed E-state index contributed by atoms with van der Waals surface area (Å²) in [7, 11) is 0. The van der Waals surface area contributed by atoms with Crippen molar-refractivity contribution in [2.45, 2.75) is 32.5 Å². The minimum absolute atomic E-state index is 0.0502. The summed E-state index contributed by atoms with van der Waals surface area (Å²) in [6.45, 7) is 4.14. The fraction of sp³-hybridized carbons (Fsp3) is 0.286. The van der Waals surface area contributed by atoms with Gasteiger partial charge in [0, 0.05) is 38.6 Å².